The first-order chi connectivity index (χ1) is 23.2. The molecule has 50 heavy (non-hydrogen) atoms. The van der Waals surface area contributed by atoms with Gasteiger partial charge in [0.1, 0.15) is 23.3 Å². The van der Waals surface area contributed by atoms with Gasteiger partial charge in [0.05, 0.1) is 11.1 Å². The van der Waals surface area contributed by atoms with Crippen LogP contribution in [0.4, 0.5) is 52.7 Å². The zero-order valence-electron chi connectivity index (χ0n) is 23.8. The Hall–Kier alpha value is -4.36. The van der Waals surface area contributed by atoms with Crippen LogP contribution in [0.1, 0.15) is 9.75 Å². The van der Waals surface area contributed by atoms with E-state index in [9.17, 15) is 52.7 Å². The minimum absolute atomic E-state index is 0.223. The lowest BCUT2D eigenvalue weighted by Crippen LogP contribution is -2.20. The summed E-state index contributed by atoms with van der Waals surface area (Å²) in [5.41, 5.74) is -8.88. The zero-order chi connectivity index (χ0) is 36.6. The third-order valence-corrected chi connectivity index (χ3v) is 12.0. The van der Waals surface area contributed by atoms with Gasteiger partial charge in [-0.3, -0.25) is 0 Å². The van der Waals surface area contributed by atoms with Crippen molar-refractivity contribution in [3.8, 4) is 31.6 Å². The van der Waals surface area contributed by atoms with E-state index in [0.717, 1.165) is 12.1 Å². The number of hydrogen-bond acceptors (Lipinski definition) is 6. The molecule has 0 saturated heterocycles. The van der Waals surface area contributed by atoms with Gasteiger partial charge in [-0.05, 0) is 59.3 Å². The van der Waals surface area contributed by atoms with Crippen molar-refractivity contribution in [3.63, 3.8) is 0 Å². The van der Waals surface area contributed by atoms with Crippen LogP contribution in [0, 0.1) is 22.7 Å². The standard InChI is InChI=1S/C32H10F12N2S4/c33-29(34,35)17(11-45)27(31(39,40)41)23-7-5-21(49-23)25-9-15-13-1-3-19-16(14(13)2-4-20(15)48-25)10-26(47-19)22-6-8-24(50-22)28(32(42,43)44)18(12-46)30(36,37)38/h1-10H/b27-17-,28-18-. The first-order valence-electron chi connectivity index (χ1n) is 13.4. The van der Waals surface area contributed by atoms with E-state index in [1.807, 2.05) is 0 Å². The molecule has 0 bridgehead atoms. The third kappa shape index (κ3) is 6.37. The van der Waals surface area contributed by atoms with Gasteiger partial charge in [-0.25, -0.2) is 0 Å². The van der Waals surface area contributed by atoms with Crippen molar-refractivity contribution in [1.29, 1.82) is 10.5 Å². The molecule has 0 saturated carbocycles. The Morgan fingerprint density at radius 2 is 0.780 bits per heavy atom. The van der Waals surface area contributed by atoms with Crippen molar-refractivity contribution in [2.24, 2.45) is 0 Å². The lowest BCUT2D eigenvalue weighted by atomic mass is 10.0. The molecule has 0 aliphatic heterocycles. The van der Waals surface area contributed by atoms with Crippen LogP contribution < -0.4 is 0 Å². The van der Waals surface area contributed by atoms with Gasteiger partial charge in [0.2, 0.25) is 0 Å². The van der Waals surface area contributed by atoms with Gasteiger partial charge in [0, 0.05) is 49.4 Å². The van der Waals surface area contributed by atoms with E-state index in [2.05, 4.69) is 0 Å². The largest absolute Gasteiger partial charge is 0.426 e. The zero-order valence-corrected chi connectivity index (χ0v) is 27.1. The molecule has 4 aromatic heterocycles. The molecule has 0 N–H and O–H groups in total. The molecule has 18 heteroatoms. The van der Waals surface area contributed by atoms with Crippen LogP contribution >= 0.6 is 45.3 Å². The molecular weight excluding hydrogens is 769 g/mol. The number of nitrogens with zero attached hydrogens (tertiary/aromatic N) is 2. The van der Waals surface area contributed by atoms with E-state index in [0.29, 0.717) is 75.5 Å². The summed E-state index contributed by atoms with van der Waals surface area (Å²) >= 11 is 3.23. The SMILES string of the molecule is N#C/C(=C(\c1ccc(-c2cc3c(ccc4c5cc(-c6ccc(/C(=C(\C#N)C(F)(F)F)C(F)(F)F)s6)sc5ccc34)s2)s1)C(F)(F)F)C(F)(F)F. The number of halogens is 12. The average Bonchev–Trinajstić information content (AvgIpc) is 3.80. The van der Waals surface area contributed by atoms with E-state index in [1.54, 1.807) is 36.4 Å². The van der Waals surface area contributed by atoms with Gasteiger partial charge in [-0.15, -0.1) is 45.3 Å². The normalized spacial score (nSPS) is 14.2. The van der Waals surface area contributed by atoms with Gasteiger partial charge >= 0.3 is 24.7 Å². The highest BCUT2D eigenvalue weighted by molar-refractivity contribution is 7.27. The number of allylic oxidation sites excluding steroid dienone is 4. The monoisotopic (exact) mass is 778 g/mol. The van der Waals surface area contributed by atoms with Crippen molar-refractivity contribution < 1.29 is 52.7 Å². The van der Waals surface area contributed by atoms with E-state index in [4.69, 9.17) is 10.5 Å². The number of benzene rings is 2. The van der Waals surface area contributed by atoms with Crippen molar-refractivity contribution in [3.05, 3.63) is 81.6 Å². The smallest absolute Gasteiger partial charge is 0.192 e. The number of alkyl halides is 12. The van der Waals surface area contributed by atoms with Gasteiger partial charge in [-0.1, -0.05) is 12.1 Å². The Morgan fingerprint density at radius 1 is 0.420 bits per heavy atom. The first kappa shape index (κ1) is 35.5. The van der Waals surface area contributed by atoms with Gasteiger partial charge in [0.25, 0.3) is 0 Å². The molecule has 2 nitrogen and oxygen atoms in total. The Morgan fingerprint density at radius 3 is 1.08 bits per heavy atom. The fraction of sp³-hybridized carbons (Fsp3) is 0.125. The number of nitriles is 2. The van der Waals surface area contributed by atoms with Gasteiger partial charge in [-0.2, -0.15) is 63.2 Å². The molecule has 4 heterocycles. The maximum Gasteiger partial charge on any atom is 0.426 e. The van der Waals surface area contributed by atoms with Crippen LogP contribution in [-0.2, 0) is 0 Å². The van der Waals surface area contributed by atoms with Crippen LogP contribution in [0.15, 0.2) is 71.8 Å². The van der Waals surface area contributed by atoms with Gasteiger partial charge < -0.3 is 0 Å². The lowest BCUT2D eigenvalue weighted by molar-refractivity contribution is -0.0974. The predicted octanol–water partition coefficient (Wildman–Crippen LogP) is 13.5. The Balaban J connectivity index is 1.42. The molecule has 0 radical (unpaired) electrons. The van der Waals surface area contributed by atoms with Crippen LogP contribution in [0.5, 0.6) is 0 Å². The number of hydrogen-bond donors (Lipinski definition) is 0. The second-order valence-electron chi connectivity index (χ2n) is 10.3. The molecule has 0 spiro atoms. The quantitative estimate of drug-likeness (QED) is 0.132. The first-order valence-corrected chi connectivity index (χ1v) is 16.7. The average molecular weight is 779 g/mol. The minimum atomic E-state index is -5.53. The maximum atomic E-state index is 13.7. The number of rotatable bonds is 4. The molecule has 6 rings (SSSR count). The van der Waals surface area contributed by atoms with E-state index >= 15 is 0 Å². The van der Waals surface area contributed by atoms with E-state index in [-0.39, 0.29) is 9.75 Å². The Kier molecular flexibility index (Phi) is 8.62. The molecule has 256 valence electrons. The fourth-order valence-corrected chi connectivity index (χ4v) is 9.70. The molecule has 6 aromatic rings. The van der Waals surface area contributed by atoms with Gasteiger partial charge in [0.15, 0.2) is 0 Å². The summed E-state index contributed by atoms with van der Waals surface area (Å²) < 4.78 is 164. The predicted molar refractivity (Wildman–Crippen MR) is 171 cm³/mol. The van der Waals surface area contributed by atoms with E-state index < -0.39 is 56.8 Å². The topological polar surface area (TPSA) is 47.6 Å². The van der Waals surface area contributed by atoms with Crippen molar-refractivity contribution >= 4 is 87.4 Å². The summed E-state index contributed by atoms with van der Waals surface area (Å²) in [5, 5.41) is 20.5. The molecule has 0 aliphatic rings. The molecule has 0 fully saturated rings. The van der Waals surface area contributed by atoms with E-state index in [1.165, 1.54) is 34.8 Å². The van der Waals surface area contributed by atoms with Crippen LogP contribution in [-0.4, -0.2) is 24.7 Å². The second-order valence-corrected chi connectivity index (χ2v) is 14.6. The van der Waals surface area contributed by atoms with Crippen LogP contribution in [0.25, 0.3) is 61.6 Å². The highest BCUT2D eigenvalue weighted by atomic mass is 32.1. The van der Waals surface area contributed by atoms with Crippen molar-refractivity contribution in [2.45, 2.75) is 24.7 Å². The molecular formula is C32H10F12N2S4. The highest BCUT2D eigenvalue weighted by Crippen LogP contribution is 2.49. The lowest BCUT2D eigenvalue weighted by Gasteiger charge is -2.14. The molecule has 2 aromatic carbocycles. The number of thiophene rings is 4. The summed E-state index contributed by atoms with van der Waals surface area (Å²) in [4.78, 5) is -0.240. The minimum Gasteiger partial charge on any atom is -0.192 e. The molecule has 0 atom stereocenters. The summed E-state index contributed by atoms with van der Waals surface area (Å²) in [6.45, 7) is 0. The molecule has 0 unspecified atom stereocenters. The van der Waals surface area contributed by atoms with Crippen LogP contribution in [0.2, 0.25) is 0 Å². The Bertz CT molecular complexity index is 2290. The molecule has 0 aliphatic carbocycles. The fourth-order valence-electron chi connectivity index (χ4n) is 5.23. The molecule has 0 amide bonds. The summed E-state index contributed by atoms with van der Waals surface area (Å²) in [6, 6.07) is 15.7. The van der Waals surface area contributed by atoms with Crippen molar-refractivity contribution in [2.75, 3.05) is 0 Å². The summed E-state index contributed by atoms with van der Waals surface area (Å²) in [7, 11) is 0. The highest BCUT2D eigenvalue weighted by Gasteiger charge is 2.48. The number of fused-ring (bicyclic) bond motifs is 5. The summed E-state index contributed by atoms with van der Waals surface area (Å²) in [6.07, 6.45) is -22.0. The second kappa shape index (κ2) is 12.2. The Labute approximate surface area is 287 Å². The van der Waals surface area contributed by atoms with Crippen molar-refractivity contribution in [1.82, 2.24) is 0 Å². The third-order valence-electron chi connectivity index (χ3n) is 7.24. The van der Waals surface area contributed by atoms with Crippen LogP contribution in [0.3, 0.4) is 0 Å². The summed E-state index contributed by atoms with van der Waals surface area (Å²) in [5.74, 6) is 0. The maximum absolute atomic E-state index is 13.7.